The number of halogens is 3. The van der Waals surface area contributed by atoms with E-state index in [1.165, 1.54) is 52.9 Å². The van der Waals surface area contributed by atoms with Crippen molar-refractivity contribution in [2.24, 2.45) is 13.0 Å². The fourth-order valence-corrected chi connectivity index (χ4v) is 5.14. The van der Waals surface area contributed by atoms with Crippen LogP contribution in [0.1, 0.15) is 105 Å². The van der Waals surface area contributed by atoms with Crippen molar-refractivity contribution < 1.29 is 67.0 Å². The first-order chi connectivity index (χ1) is 23.9. The molecule has 12 nitrogen and oxygen atoms in total. The summed E-state index contributed by atoms with van der Waals surface area (Å²) >= 11 is 0. The second-order valence-electron chi connectivity index (χ2n) is 11.6. The molecule has 2 aliphatic carbocycles. The molecule has 3 fully saturated rings. The quantitative estimate of drug-likeness (QED) is 0.225. The van der Waals surface area contributed by atoms with Crippen LogP contribution in [0.5, 0.6) is 0 Å². The predicted octanol–water partition coefficient (Wildman–Crippen LogP) is 3.59. The van der Waals surface area contributed by atoms with Gasteiger partial charge in [-0.2, -0.15) is 24.7 Å². The van der Waals surface area contributed by atoms with E-state index in [9.17, 15) is 27.6 Å². The summed E-state index contributed by atoms with van der Waals surface area (Å²) in [5.74, 6) is 0.207. The summed E-state index contributed by atoms with van der Waals surface area (Å²) in [6.07, 6.45) is 5.77. The summed E-state index contributed by atoms with van der Waals surface area (Å²) in [5, 5.41) is 13.3. The first kappa shape index (κ1) is 45.3. The predicted molar refractivity (Wildman–Crippen MR) is 184 cm³/mol. The van der Waals surface area contributed by atoms with E-state index in [0.717, 1.165) is 18.8 Å². The van der Waals surface area contributed by atoms with Gasteiger partial charge in [0.05, 0.1) is 23.5 Å². The average Bonchev–Trinajstić information content (AvgIpc) is 3.72. The molecule has 3 aliphatic rings. The molecule has 51 heavy (non-hydrogen) atoms. The number of aromatic nitrogens is 4. The molecule has 1 saturated heterocycles. The van der Waals surface area contributed by atoms with Crippen molar-refractivity contribution in [1.82, 2.24) is 29.1 Å². The van der Waals surface area contributed by atoms with Crippen LogP contribution in [0.25, 0.3) is 11.3 Å². The number of amides is 3. The Kier molecular flexibility index (Phi) is 19.2. The smallest absolute Gasteiger partial charge is 0.520 e. The fourth-order valence-electron chi connectivity index (χ4n) is 5.14. The van der Waals surface area contributed by atoms with Gasteiger partial charge in [-0.15, -0.1) is 0 Å². The maximum Gasteiger partial charge on any atom is 1.00 e. The number of alkyl halides is 3. The van der Waals surface area contributed by atoms with E-state index < -0.39 is 17.8 Å². The van der Waals surface area contributed by atoms with Gasteiger partial charge in [0.15, 0.2) is 11.5 Å². The Morgan fingerprint density at radius 3 is 2.06 bits per heavy atom. The van der Waals surface area contributed by atoms with E-state index >= 15 is 0 Å². The van der Waals surface area contributed by atoms with E-state index in [1.54, 1.807) is 30.0 Å². The molecule has 3 aromatic rings. The Balaban J connectivity index is 0.000000873. The van der Waals surface area contributed by atoms with Crippen molar-refractivity contribution in [3.05, 3.63) is 53.2 Å². The second kappa shape index (κ2) is 21.6. The molecular formula is C35H49F3N7NaO5. The van der Waals surface area contributed by atoms with Crippen molar-refractivity contribution in [3.63, 3.8) is 0 Å². The van der Waals surface area contributed by atoms with Crippen LogP contribution in [0.2, 0.25) is 0 Å². The third kappa shape index (κ3) is 12.5. The molecule has 6 rings (SSSR count). The molecular weight excluding hydrogens is 678 g/mol. The number of anilines is 1. The molecule has 0 radical (unpaired) electrons. The SMILES string of the molecule is CC.CC.CC1CCC1.Cc1cc(NC(=O)c2ncc(-c3cn(C4CC4)nc3C(F)(F)F)n2C)ccc1C(=O)N1CCN([C-]=O)CC1.O=CO.[Na+]. The molecule has 3 amide bonds. The normalized spacial score (nSPS) is 14.9. The van der Waals surface area contributed by atoms with Crippen molar-refractivity contribution in [1.29, 1.82) is 0 Å². The average molecular weight is 728 g/mol. The van der Waals surface area contributed by atoms with Gasteiger partial charge in [0.1, 0.15) is 0 Å². The standard InChI is InChI=1S/C25H25F3N7O3.C5H10.2C2H6.CH2O2.Na/c1-15-11-16(3-6-18(15)24(38)34-9-7-33(14-36)8-10-34)30-23(37)22-29-12-20(32(22)2)19-13-35(17-4-5-17)31-21(19)25(26,27)28;1-5-3-2-4-5;2*1-2;2-1-3;/h3,6,11-13,17H,4-5,7-10H2,1-2H3,(H,30,37);5H,2-4H2,1H3;2*1-2H3;1H,(H,2,3);/q-1;;;;;+1. The molecule has 0 spiro atoms. The molecule has 1 aromatic carbocycles. The minimum absolute atomic E-state index is 0. The summed E-state index contributed by atoms with van der Waals surface area (Å²) < 4.78 is 43.6. The van der Waals surface area contributed by atoms with Crippen LogP contribution >= 0.6 is 0 Å². The molecule has 2 saturated carbocycles. The van der Waals surface area contributed by atoms with Gasteiger partial charge in [-0.3, -0.25) is 19.1 Å². The molecule has 1 aliphatic heterocycles. The number of aryl methyl sites for hydroxylation is 1. The number of imidazole rings is 1. The third-order valence-corrected chi connectivity index (χ3v) is 8.19. The maximum atomic E-state index is 13.7. The van der Waals surface area contributed by atoms with Gasteiger partial charge in [0, 0.05) is 50.7 Å². The van der Waals surface area contributed by atoms with E-state index in [2.05, 4.69) is 22.3 Å². The largest absolute Gasteiger partial charge is 1.00 e. The molecule has 0 atom stereocenters. The van der Waals surface area contributed by atoms with Crippen LogP contribution in [0.4, 0.5) is 18.9 Å². The second-order valence-corrected chi connectivity index (χ2v) is 11.6. The first-order valence-electron chi connectivity index (χ1n) is 17.0. The van der Waals surface area contributed by atoms with Crippen molar-refractivity contribution >= 4 is 30.4 Å². The Morgan fingerprint density at radius 1 is 1.04 bits per heavy atom. The molecule has 276 valence electrons. The number of carboxylic acid groups (broad SMARTS) is 1. The zero-order chi connectivity index (χ0) is 37.6. The van der Waals surface area contributed by atoms with Crippen LogP contribution in [0, 0.1) is 12.8 Å². The summed E-state index contributed by atoms with van der Waals surface area (Å²) in [7, 11) is 1.47. The van der Waals surface area contributed by atoms with Gasteiger partial charge in [0.2, 0.25) is 0 Å². The third-order valence-electron chi connectivity index (χ3n) is 8.19. The van der Waals surface area contributed by atoms with Gasteiger partial charge in [0.25, 0.3) is 18.3 Å². The summed E-state index contributed by atoms with van der Waals surface area (Å²) in [4.78, 5) is 52.2. The number of piperazine rings is 1. The number of benzene rings is 1. The Labute approximate surface area is 320 Å². The number of carbonyl (C=O) groups excluding carboxylic acids is 3. The number of hydrogen-bond acceptors (Lipinski definition) is 6. The Bertz CT molecular complexity index is 1560. The van der Waals surface area contributed by atoms with E-state index in [-0.39, 0.29) is 65.1 Å². The number of hydrogen-bond donors (Lipinski definition) is 2. The molecule has 2 N–H and O–H groups in total. The van der Waals surface area contributed by atoms with Gasteiger partial charge in [-0.1, -0.05) is 53.9 Å². The minimum atomic E-state index is -4.65. The van der Waals surface area contributed by atoms with Crippen LogP contribution in [0.3, 0.4) is 0 Å². The first-order valence-corrected chi connectivity index (χ1v) is 17.0. The van der Waals surface area contributed by atoms with Crippen LogP contribution in [-0.4, -0.2) is 85.1 Å². The van der Waals surface area contributed by atoms with Crippen molar-refractivity contribution in [2.75, 3.05) is 31.5 Å². The molecule has 3 heterocycles. The number of nitrogens with zero attached hydrogens (tertiary/aromatic N) is 6. The number of carbonyl (C=O) groups is 3. The zero-order valence-electron chi connectivity index (χ0n) is 30.9. The monoisotopic (exact) mass is 727 g/mol. The van der Waals surface area contributed by atoms with Gasteiger partial charge < -0.3 is 29.6 Å². The summed E-state index contributed by atoms with van der Waals surface area (Å²) in [6, 6.07) is 4.79. The van der Waals surface area contributed by atoms with Crippen LogP contribution in [0.15, 0.2) is 30.6 Å². The van der Waals surface area contributed by atoms with Gasteiger partial charge in [-0.25, -0.2) is 4.98 Å². The van der Waals surface area contributed by atoms with Gasteiger partial charge >= 0.3 is 35.7 Å². The molecule has 16 heteroatoms. The molecule has 2 aromatic heterocycles. The van der Waals surface area contributed by atoms with Gasteiger partial charge in [-0.05, 0) is 49.4 Å². The Hall–Kier alpha value is -3.69. The number of rotatable bonds is 6. The summed E-state index contributed by atoms with van der Waals surface area (Å²) in [6.45, 7) is 13.4. The molecule has 0 unspecified atom stereocenters. The Morgan fingerprint density at radius 2 is 1.61 bits per heavy atom. The van der Waals surface area contributed by atoms with E-state index in [4.69, 9.17) is 9.90 Å². The number of nitrogens with one attached hydrogen (secondary N) is 1. The summed E-state index contributed by atoms with van der Waals surface area (Å²) in [5.41, 5.74) is 0.494. The minimum Gasteiger partial charge on any atom is -0.520 e. The van der Waals surface area contributed by atoms with Crippen molar-refractivity contribution in [3.8, 4) is 11.3 Å². The van der Waals surface area contributed by atoms with Crippen LogP contribution in [-0.2, 0) is 22.8 Å². The maximum absolute atomic E-state index is 13.7. The van der Waals surface area contributed by atoms with E-state index in [0.29, 0.717) is 43.0 Å². The van der Waals surface area contributed by atoms with Crippen molar-refractivity contribution in [2.45, 2.75) is 85.9 Å². The zero-order valence-corrected chi connectivity index (χ0v) is 32.9. The topological polar surface area (TPSA) is 143 Å². The van der Waals surface area contributed by atoms with E-state index in [1.807, 2.05) is 34.1 Å². The fraction of sp³-hybridized carbons (Fsp3) is 0.543. The van der Waals surface area contributed by atoms with Crippen LogP contribution < -0.4 is 34.9 Å². The molecule has 0 bridgehead atoms.